The molecular formula is C18H25N3O4. The molecule has 0 atom stereocenters. The molecule has 0 radical (unpaired) electrons. The minimum atomic E-state index is -1.20. The van der Waals surface area contributed by atoms with Crippen molar-refractivity contribution in [3.05, 3.63) is 24.3 Å². The molecule has 1 heterocycles. The molecule has 25 heavy (non-hydrogen) atoms. The Labute approximate surface area is 147 Å². The average Bonchev–Trinajstić information content (AvgIpc) is 2.61. The summed E-state index contributed by atoms with van der Waals surface area (Å²) in [5.41, 5.74) is -0.591. The van der Waals surface area contributed by atoms with Crippen LogP contribution in [0.5, 0.6) is 5.75 Å². The van der Waals surface area contributed by atoms with Crippen LogP contribution in [0.3, 0.4) is 0 Å². The maximum absolute atomic E-state index is 12.8. The molecule has 1 aliphatic heterocycles. The standard InChI is InChI=1S/C18H25N3O4/c1-13(22)20-9-11-21(12-10-20)17(24)18(2,3)16(23)19-14-5-7-15(25-4)8-6-14/h5-8H,9-12H2,1-4H3,(H,19,23). The van der Waals surface area contributed by atoms with Crippen molar-refractivity contribution in [2.45, 2.75) is 20.8 Å². The number of benzene rings is 1. The fourth-order valence-corrected chi connectivity index (χ4v) is 2.68. The van der Waals surface area contributed by atoms with Crippen LogP contribution in [0.4, 0.5) is 5.69 Å². The molecule has 0 aliphatic carbocycles. The summed E-state index contributed by atoms with van der Waals surface area (Å²) in [6.07, 6.45) is 0. The number of nitrogens with zero attached hydrogens (tertiary/aromatic N) is 2. The van der Waals surface area contributed by atoms with Crippen LogP contribution in [0, 0.1) is 5.41 Å². The summed E-state index contributed by atoms with van der Waals surface area (Å²) < 4.78 is 5.08. The van der Waals surface area contributed by atoms with Gasteiger partial charge in [0.15, 0.2) is 0 Å². The van der Waals surface area contributed by atoms with Crippen molar-refractivity contribution in [1.29, 1.82) is 0 Å². The topological polar surface area (TPSA) is 79.0 Å². The molecule has 1 aromatic carbocycles. The second kappa shape index (κ2) is 7.55. The third-order valence-electron chi connectivity index (χ3n) is 4.46. The molecule has 1 aliphatic rings. The molecule has 1 saturated heterocycles. The van der Waals surface area contributed by atoms with Crippen LogP contribution in [-0.4, -0.2) is 60.8 Å². The number of nitrogens with one attached hydrogen (secondary N) is 1. The SMILES string of the molecule is COc1ccc(NC(=O)C(C)(C)C(=O)N2CCN(C(C)=O)CC2)cc1. The van der Waals surface area contributed by atoms with Gasteiger partial charge >= 0.3 is 0 Å². The van der Waals surface area contributed by atoms with Gasteiger partial charge in [-0.2, -0.15) is 0 Å². The number of rotatable bonds is 4. The van der Waals surface area contributed by atoms with E-state index in [1.54, 1.807) is 55.0 Å². The van der Waals surface area contributed by atoms with Gasteiger partial charge in [0.2, 0.25) is 17.7 Å². The van der Waals surface area contributed by atoms with Crippen molar-refractivity contribution in [2.24, 2.45) is 5.41 Å². The molecule has 1 aromatic rings. The number of methoxy groups -OCH3 is 1. The van der Waals surface area contributed by atoms with E-state index in [1.165, 1.54) is 6.92 Å². The van der Waals surface area contributed by atoms with E-state index in [9.17, 15) is 14.4 Å². The van der Waals surface area contributed by atoms with Gasteiger partial charge in [0.05, 0.1) is 7.11 Å². The molecule has 0 unspecified atom stereocenters. The first kappa shape index (κ1) is 18.8. The van der Waals surface area contributed by atoms with Gasteiger partial charge in [-0.05, 0) is 38.1 Å². The predicted octanol–water partition coefficient (Wildman–Crippen LogP) is 1.35. The summed E-state index contributed by atoms with van der Waals surface area (Å²) in [5, 5.41) is 2.77. The third-order valence-corrected chi connectivity index (χ3v) is 4.46. The molecular weight excluding hydrogens is 322 g/mol. The van der Waals surface area contributed by atoms with Crippen LogP contribution in [0.25, 0.3) is 0 Å². The van der Waals surface area contributed by atoms with E-state index in [1.807, 2.05) is 0 Å². The summed E-state index contributed by atoms with van der Waals surface area (Å²) in [6, 6.07) is 6.93. The Kier molecular flexibility index (Phi) is 5.66. The van der Waals surface area contributed by atoms with E-state index in [-0.39, 0.29) is 17.7 Å². The molecule has 136 valence electrons. The van der Waals surface area contributed by atoms with Crippen LogP contribution in [0.15, 0.2) is 24.3 Å². The number of carbonyl (C=O) groups is 3. The van der Waals surface area contributed by atoms with Crippen molar-refractivity contribution in [3.8, 4) is 5.75 Å². The molecule has 3 amide bonds. The Morgan fingerprint density at radius 2 is 1.52 bits per heavy atom. The minimum Gasteiger partial charge on any atom is -0.497 e. The van der Waals surface area contributed by atoms with E-state index >= 15 is 0 Å². The molecule has 0 saturated carbocycles. The van der Waals surface area contributed by atoms with Gasteiger partial charge in [0, 0.05) is 38.8 Å². The monoisotopic (exact) mass is 347 g/mol. The first-order chi connectivity index (χ1) is 11.8. The number of ether oxygens (including phenoxy) is 1. The Balaban J connectivity index is 1.99. The zero-order valence-electron chi connectivity index (χ0n) is 15.2. The van der Waals surface area contributed by atoms with Gasteiger partial charge in [0.1, 0.15) is 11.2 Å². The van der Waals surface area contributed by atoms with E-state index < -0.39 is 5.41 Å². The lowest BCUT2D eigenvalue weighted by Gasteiger charge is -2.37. The Morgan fingerprint density at radius 3 is 2.00 bits per heavy atom. The first-order valence-corrected chi connectivity index (χ1v) is 8.26. The Hall–Kier alpha value is -2.57. The molecule has 2 rings (SSSR count). The van der Waals surface area contributed by atoms with E-state index in [0.717, 1.165) is 0 Å². The number of hydrogen-bond donors (Lipinski definition) is 1. The van der Waals surface area contributed by atoms with Gasteiger partial charge in [-0.1, -0.05) is 0 Å². The van der Waals surface area contributed by atoms with Crippen LogP contribution < -0.4 is 10.1 Å². The fraction of sp³-hybridized carbons (Fsp3) is 0.500. The van der Waals surface area contributed by atoms with E-state index in [2.05, 4.69) is 5.32 Å². The Morgan fingerprint density at radius 1 is 1.00 bits per heavy atom. The second-order valence-corrected chi connectivity index (χ2v) is 6.61. The molecule has 0 aromatic heterocycles. The third kappa shape index (κ3) is 4.29. The zero-order valence-corrected chi connectivity index (χ0v) is 15.2. The highest BCUT2D eigenvalue weighted by Gasteiger charge is 2.40. The minimum absolute atomic E-state index is 0.00334. The van der Waals surface area contributed by atoms with Crippen LogP contribution in [-0.2, 0) is 14.4 Å². The van der Waals surface area contributed by atoms with Gasteiger partial charge in [-0.3, -0.25) is 14.4 Å². The summed E-state index contributed by atoms with van der Waals surface area (Å²) >= 11 is 0. The highest BCUT2D eigenvalue weighted by molar-refractivity contribution is 6.09. The van der Waals surface area contributed by atoms with Gasteiger partial charge in [0.25, 0.3) is 0 Å². The summed E-state index contributed by atoms with van der Waals surface area (Å²) in [4.78, 5) is 40.1. The fourth-order valence-electron chi connectivity index (χ4n) is 2.68. The van der Waals surface area contributed by atoms with Crippen LogP contribution >= 0.6 is 0 Å². The van der Waals surface area contributed by atoms with Gasteiger partial charge < -0.3 is 19.9 Å². The van der Waals surface area contributed by atoms with Gasteiger partial charge in [-0.15, -0.1) is 0 Å². The highest BCUT2D eigenvalue weighted by Crippen LogP contribution is 2.24. The number of amides is 3. The van der Waals surface area contributed by atoms with Crippen molar-refractivity contribution >= 4 is 23.4 Å². The van der Waals surface area contributed by atoms with Gasteiger partial charge in [-0.25, -0.2) is 0 Å². The highest BCUT2D eigenvalue weighted by atomic mass is 16.5. The predicted molar refractivity (Wildman–Crippen MR) is 94.2 cm³/mol. The lowest BCUT2D eigenvalue weighted by atomic mass is 9.89. The second-order valence-electron chi connectivity index (χ2n) is 6.61. The normalized spacial score (nSPS) is 14.9. The number of piperazine rings is 1. The molecule has 7 heteroatoms. The van der Waals surface area contributed by atoms with Crippen molar-refractivity contribution in [3.63, 3.8) is 0 Å². The molecule has 0 spiro atoms. The number of anilines is 1. The molecule has 7 nitrogen and oxygen atoms in total. The smallest absolute Gasteiger partial charge is 0.239 e. The first-order valence-electron chi connectivity index (χ1n) is 8.26. The summed E-state index contributed by atoms with van der Waals surface area (Å²) in [5.74, 6) is 0.0960. The van der Waals surface area contributed by atoms with Crippen LogP contribution in [0.1, 0.15) is 20.8 Å². The molecule has 1 fully saturated rings. The van der Waals surface area contributed by atoms with E-state index in [0.29, 0.717) is 37.6 Å². The lowest BCUT2D eigenvalue weighted by molar-refractivity contribution is -0.149. The van der Waals surface area contributed by atoms with Crippen molar-refractivity contribution in [1.82, 2.24) is 9.80 Å². The van der Waals surface area contributed by atoms with E-state index in [4.69, 9.17) is 4.74 Å². The summed E-state index contributed by atoms with van der Waals surface area (Å²) in [7, 11) is 1.57. The van der Waals surface area contributed by atoms with Crippen LogP contribution in [0.2, 0.25) is 0 Å². The number of carbonyl (C=O) groups excluding carboxylic acids is 3. The zero-order chi connectivity index (χ0) is 18.6. The quantitative estimate of drug-likeness (QED) is 0.834. The Bertz CT molecular complexity index is 647. The lowest BCUT2D eigenvalue weighted by Crippen LogP contribution is -2.55. The molecule has 0 bridgehead atoms. The largest absolute Gasteiger partial charge is 0.497 e. The van der Waals surface area contributed by atoms with Crippen molar-refractivity contribution in [2.75, 3.05) is 38.6 Å². The maximum Gasteiger partial charge on any atom is 0.239 e. The number of hydrogen-bond acceptors (Lipinski definition) is 4. The molecule has 1 N–H and O–H groups in total. The maximum atomic E-state index is 12.8. The average molecular weight is 347 g/mol. The van der Waals surface area contributed by atoms with Crippen molar-refractivity contribution < 1.29 is 19.1 Å². The summed E-state index contributed by atoms with van der Waals surface area (Å²) in [6.45, 7) is 6.63.